The maximum absolute atomic E-state index is 12.8. The molecule has 9 heteroatoms. The molecule has 2 aromatic rings. The molecular formula is C16H17Cl2N3O3S. The van der Waals surface area contributed by atoms with Crippen LogP contribution in [0.3, 0.4) is 0 Å². The number of hydrogen-bond acceptors (Lipinski definition) is 5. The number of amides is 1. The number of hydrogen-bond donors (Lipinski definition) is 1. The van der Waals surface area contributed by atoms with E-state index in [2.05, 4.69) is 5.10 Å². The van der Waals surface area contributed by atoms with Gasteiger partial charge >= 0.3 is 0 Å². The smallest absolute Gasteiger partial charge is 0.282 e. The molecule has 0 radical (unpaired) electrons. The topological polar surface area (TPSA) is 75.4 Å². The Bertz CT molecular complexity index is 836. The van der Waals surface area contributed by atoms with Gasteiger partial charge in [-0.25, -0.2) is 5.06 Å². The molecule has 0 spiro atoms. The average molecular weight is 402 g/mol. The highest BCUT2D eigenvalue weighted by atomic mass is 35.5. The van der Waals surface area contributed by atoms with E-state index >= 15 is 0 Å². The van der Waals surface area contributed by atoms with Crippen LogP contribution in [0, 0.1) is 0 Å². The molecule has 0 aliphatic rings. The Morgan fingerprint density at radius 1 is 1.28 bits per heavy atom. The van der Waals surface area contributed by atoms with E-state index in [4.69, 9.17) is 23.2 Å². The van der Waals surface area contributed by atoms with E-state index in [1.54, 1.807) is 13.3 Å². The minimum Gasteiger partial charge on any atom is -0.291 e. The maximum Gasteiger partial charge on any atom is 0.282 e. The van der Waals surface area contributed by atoms with Crippen molar-refractivity contribution < 1.29 is 14.8 Å². The summed E-state index contributed by atoms with van der Waals surface area (Å²) in [6.45, 7) is 2.90. The number of carbonyl (C=O) groups is 2. The number of nitrogens with zero attached hydrogens (tertiary/aromatic N) is 3. The molecule has 6 nitrogen and oxygen atoms in total. The first kappa shape index (κ1) is 19.8. The van der Waals surface area contributed by atoms with Gasteiger partial charge in [0.15, 0.2) is 5.78 Å². The van der Waals surface area contributed by atoms with E-state index in [1.165, 1.54) is 54.7 Å². The lowest BCUT2D eigenvalue weighted by molar-refractivity contribution is -0.106. The van der Waals surface area contributed by atoms with E-state index in [0.717, 1.165) is 0 Å². The predicted molar refractivity (Wildman–Crippen MR) is 97.8 cm³/mol. The molecule has 1 aromatic carbocycles. The third-order valence-corrected chi connectivity index (χ3v) is 5.11. The molecule has 1 aromatic heterocycles. The average Bonchev–Trinajstić information content (AvgIpc) is 2.96. The summed E-state index contributed by atoms with van der Waals surface area (Å²) in [5, 5.41) is 16.0. The van der Waals surface area contributed by atoms with Gasteiger partial charge in [-0.1, -0.05) is 23.2 Å². The summed E-state index contributed by atoms with van der Waals surface area (Å²) in [5.74, 6) is -1.19. The molecule has 134 valence electrons. The van der Waals surface area contributed by atoms with Gasteiger partial charge in [0.05, 0.1) is 15.6 Å². The molecule has 0 saturated carbocycles. The second kappa shape index (κ2) is 7.37. The van der Waals surface area contributed by atoms with E-state index < -0.39 is 17.2 Å². The number of aryl methyl sites for hydroxylation is 1. The Hall–Kier alpha value is -1.54. The monoisotopic (exact) mass is 401 g/mol. The van der Waals surface area contributed by atoms with Crippen molar-refractivity contribution in [1.29, 1.82) is 0 Å². The first-order valence-electron chi connectivity index (χ1n) is 7.20. The Morgan fingerprint density at radius 2 is 1.92 bits per heavy atom. The van der Waals surface area contributed by atoms with Crippen LogP contribution in [0.1, 0.15) is 34.6 Å². The lowest BCUT2D eigenvalue weighted by atomic mass is 9.92. The summed E-state index contributed by atoms with van der Waals surface area (Å²) in [7, 11) is 1.67. The number of hydroxylamine groups is 2. The van der Waals surface area contributed by atoms with Gasteiger partial charge in [0.2, 0.25) is 0 Å². The lowest BCUT2D eigenvalue weighted by Gasteiger charge is -2.31. The Morgan fingerprint density at radius 3 is 2.48 bits per heavy atom. The van der Waals surface area contributed by atoms with Crippen molar-refractivity contribution in [3.05, 3.63) is 45.6 Å². The van der Waals surface area contributed by atoms with Gasteiger partial charge in [0, 0.05) is 18.8 Å². The largest absolute Gasteiger partial charge is 0.291 e. The van der Waals surface area contributed by atoms with Crippen LogP contribution in [0.15, 0.2) is 29.4 Å². The molecule has 1 amide bonds. The number of ketones is 1. The maximum atomic E-state index is 12.8. The number of carbonyl (C=O) groups excluding carboxylic acids is 2. The highest BCUT2D eigenvalue weighted by Crippen LogP contribution is 2.28. The first-order chi connectivity index (χ1) is 11.6. The predicted octanol–water partition coefficient (Wildman–Crippen LogP) is 3.94. The fraction of sp³-hybridized carbons (Fsp3) is 0.312. The number of benzene rings is 1. The molecule has 0 saturated heterocycles. The van der Waals surface area contributed by atoms with Gasteiger partial charge in [0.25, 0.3) is 5.91 Å². The van der Waals surface area contributed by atoms with Crippen LogP contribution < -0.4 is 0 Å². The van der Waals surface area contributed by atoms with Gasteiger partial charge < -0.3 is 0 Å². The molecule has 2 rings (SSSR count). The van der Waals surface area contributed by atoms with Gasteiger partial charge in [-0.05, 0) is 38.3 Å². The molecule has 0 bridgehead atoms. The summed E-state index contributed by atoms with van der Waals surface area (Å²) in [4.78, 5) is 25.4. The molecule has 1 N–H and O–H groups in total. The molecule has 0 fully saturated rings. The number of Topliss-reactive ketones (excluding diaryl/α,β-unsaturated/α-hetero) is 1. The molecule has 0 aliphatic heterocycles. The van der Waals surface area contributed by atoms with E-state index in [0.29, 0.717) is 15.1 Å². The SMILES string of the molecule is CSc1nn(C)cc1C(=O)N(O)C(C)(C)C(=O)c1ccc(Cl)c(Cl)c1. The molecular weight excluding hydrogens is 385 g/mol. The normalized spacial score (nSPS) is 11.5. The van der Waals surface area contributed by atoms with Crippen molar-refractivity contribution in [2.75, 3.05) is 6.26 Å². The number of rotatable bonds is 5. The minimum absolute atomic E-state index is 0.215. The van der Waals surface area contributed by atoms with Crippen LogP contribution in [0.5, 0.6) is 0 Å². The van der Waals surface area contributed by atoms with Crippen LogP contribution in [0.25, 0.3) is 0 Å². The van der Waals surface area contributed by atoms with Gasteiger partial charge in [-0.15, -0.1) is 11.8 Å². The van der Waals surface area contributed by atoms with Crippen molar-refractivity contribution in [1.82, 2.24) is 14.8 Å². The standard InChI is InChI=1S/C16H17Cl2N3O3S/c1-16(2,13(22)9-5-6-11(17)12(18)7-9)21(24)15(23)10-8-20(3)19-14(10)25-4/h5-8,24H,1-4H3. The van der Waals surface area contributed by atoms with Crippen molar-refractivity contribution in [2.45, 2.75) is 24.4 Å². The zero-order valence-electron chi connectivity index (χ0n) is 14.1. The van der Waals surface area contributed by atoms with Crippen molar-refractivity contribution in [3.8, 4) is 0 Å². The molecule has 1 heterocycles. The fourth-order valence-corrected chi connectivity index (χ4v) is 3.09. The van der Waals surface area contributed by atoms with Gasteiger partial charge in [-0.3, -0.25) is 19.5 Å². The van der Waals surface area contributed by atoms with Crippen LogP contribution in [-0.4, -0.2) is 43.5 Å². The van der Waals surface area contributed by atoms with E-state index in [-0.39, 0.29) is 16.1 Å². The van der Waals surface area contributed by atoms with Crippen LogP contribution in [0.2, 0.25) is 10.0 Å². The third kappa shape index (κ3) is 3.84. The van der Waals surface area contributed by atoms with Crippen LogP contribution in [-0.2, 0) is 7.05 Å². The number of halogens is 2. The second-order valence-corrected chi connectivity index (χ2v) is 7.47. The van der Waals surface area contributed by atoms with Gasteiger partial charge in [-0.2, -0.15) is 5.10 Å². The zero-order valence-corrected chi connectivity index (χ0v) is 16.4. The van der Waals surface area contributed by atoms with Crippen LogP contribution in [0.4, 0.5) is 0 Å². The summed E-state index contributed by atoms with van der Waals surface area (Å²) in [6, 6.07) is 4.39. The molecule has 0 unspecified atom stereocenters. The van der Waals surface area contributed by atoms with Crippen molar-refractivity contribution >= 4 is 46.7 Å². The molecule has 25 heavy (non-hydrogen) atoms. The molecule has 0 atom stereocenters. The Labute approximate surface area is 159 Å². The number of thioether (sulfide) groups is 1. The summed E-state index contributed by atoms with van der Waals surface area (Å²) >= 11 is 13.1. The van der Waals surface area contributed by atoms with Gasteiger partial charge in [0.1, 0.15) is 10.6 Å². The fourth-order valence-electron chi connectivity index (χ4n) is 2.22. The minimum atomic E-state index is -1.51. The van der Waals surface area contributed by atoms with E-state index in [9.17, 15) is 14.8 Å². The lowest BCUT2D eigenvalue weighted by Crippen LogP contribution is -2.51. The second-order valence-electron chi connectivity index (χ2n) is 5.86. The Balaban J connectivity index is 2.34. The van der Waals surface area contributed by atoms with Crippen molar-refractivity contribution in [3.63, 3.8) is 0 Å². The first-order valence-corrected chi connectivity index (χ1v) is 9.18. The Kier molecular flexibility index (Phi) is 5.83. The van der Waals surface area contributed by atoms with Crippen molar-refractivity contribution in [2.24, 2.45) is 7.05 Å². The third-order valence-electron chi connectivity index (χ3n) is 3.68. The highest BCUT2D eigenvalue weighted by Gasteiger charge is 2.39. The quantitative estimate of drug-likeness (QED) is 0.355. The number of aromatic nitrogens is 2. The summed E-state index contributed by atoms with van der Waals surface area (Å²) < 4.78 is 1.47. The summed E-state index contributed by atoms with van der Waals surface area (Å²) in [6.07, 6.45) is 3.27. The van der Waals surface area contributed by atoms with Crippen LogP contribution >= 0.6 is 35.0 Å². The highest BCUT2D eigenvalue weighted by molar-refractivity contribution is 7.98. The molecule has 0 aliphatic carbocycles. The van der Waals surface area contributed by atoms with E-state index in [1.807, 2.05) is 0 Å². The zero-order chi connectivity index (χ0) is 18.9. The summed E-state index contributed by atoms with van der Waals surface area (Å²) in [5.41, 5.74) is -1.06.